The van der Waals surface area contributed by atoms with Crippen LogP contribution in [-0.4, -0.2) is 83.4 Å². The monoisotopic (exact) mass is 363 g/mol. The van der Waals surface area contributed by atoms with Gasteiger partial charge in [-0.05, 0) is 26.3 Å². The van der Waals surface area contributed by atoms with E-state index in [0.29, 0.717) is 19.1 Å². The van der Waals surface area contributed by atoms with E-state index in [9.17, 15) is 9.59 Å². The van der Waals surface area contributed by atoms with E-state index in [1.807, 2.05) is 19.9 Å². The Hall–Kier alpha value is -1.93. The van der Waals surface area contributed by atoms with Gasteiger partial charge in [0.25, 0.3) is 0 Å². The largest absolute Gasteiger partial charge is 0.375 e. The second-order valence-corrected chi connectivity index (χ2v) is 7.64. The van der Waals surface area contributed by atoms with Crippen molar-refractivity contribution < 1.29 is 14.3 Å². The van der Waals surface area contributed by atoms with E-state index in [1.165, 1.54) is 0 Å². The van der Waals surface area contributed by atoms with Gasteiger partial charge in [0, 0.05) is 45.0 Å². The maximum Gasteiger partial charge on any atom is 0.242 e. The van der Waals surface area contributed by atoms with Crippen LogP contribution >= 0.6 is 0 Å². The first-order chi connectivity index (χ1) is 12.3. The Labute approximate surface area is 154 Å². The van der Waals surface area contributed by atoms with E-state index in [1.54, 1.807) is 23.7 Å². The first-order valence-corrected chi connectivity index (χ1v) is 9.18. The van der Waals surface area contributed by atoms with E-state index in [-0.39, 0.29) is 30.5 Å². The number of aromatic nitrogens is 2. The average molecular weight is 363 g/mol. The Morgan fingerprint density at radius 3 is 2.77 bits per heavy atom. The number of amides is 2. The number of nitrogens with zero attached hydrogens (tertiary/aromatic N) is 4. The van der Waals surface area contributed by atoms with E-state index in [0.717, 1.165) is 30.9 Å². The smallest absolute Gasteiger partial charge is 0.242 e. The van der Waals surface area contributed by atoms with Crippen LogP contribution in [0, 0.1) is 13.8 Å². The van der Waals surface area contributed by atoms with Crippen LogP contribution in [-0.2, 0) is 20.9 Å². The molecule has 0 radical (unpaired) electrons. The molecule has 8 heteroatoms. The summed E-state index contributed by atoms with van der Waals surface area (Å²) in [6.45, 7) is 6.30. The highest BCUT2D eigenvalue weighted by Crippen LogP contribution is 2.24. The van der Waals surface area contributed by atoms with Crippen LogP contribution in [0.1, 0.15) is 24.2 Å². The van der Waals surface area contributed by atoms with Crippen LogP contribution in [0.2, 0.25) is 0 Å². The van der Waals surface area contributed by atoms with E-state index in [4.69, 9.17) is 4.74 Å². The van der Waals surface area contributed by atoms with E-state index < -0.39 is 0 Å². The van der Waals surface area contributed by atoms with Gasteiger partial charge in [-0.1, -0.05) is 0 Å². The minimum atomic E-state index is -0.0645. The predicted octanol–water partition coefficient (Wildman–Crippen LogP) is -0.0639. The van der Waals surface area contributed by atoms with Crippen LogP contribution in [0.4, 0.5) is 0 Å². The number of ether oxygens (including phenoxy) is 1. The summed E-state index contributed by atoms with van der Waals surface area (Å²) in [6.07, 6.45) is 1.23. The number of aryl methyl sites for hydroxylation is 2. The number of morpholine rings is 1. The zero-order valence-electron chi connectivity index (χ0n) is 16.1. The van der Waals surface area contributed by atoms with Gasteiger partial charge in [0.15, 0.2) is 0 Å². The first-order valence-electron chi connectivity index (χ1n) is 9.18. The van der Waals surface area contributed by atoms with Gasteiger partial charge in [-0.2, -0.15) is 5.10 Å². The highest BCUT2D eigenvalue weighted by atomic mass is 16.5. The van der Waals surface area contributed by atoms with Gasteiger partial charge in [0.2, 0.25) is 11.8 Å². The molecule has 144 valence electrons. The quantitative estimate of drug-likeness (QED) is 0.793. The molecule has 3 rings (SSSR count). The number of rotatable bonds is 5. The topological polar surface area (TPSA) is 79.7 Å². The summed E-state index contributed by atoms with van der Waals surface area (Å²) < 4.78 is 7.60. The molecular formula is C18H29N5O3. The second kappa shape index (κ2) is 7.75. The molecule has 0 aliphatic carbocycles. The summed E-state index contributed by atoms with van der Waals surface area (Å²) >= 11 is 0. The Morgan fingerprint density at radius 1 is 1.35 bits per heavy atom. The number of nitrogens with one attached hydrogen (secondary N) is 1. The van der Waals surface area contributed by atoms with Gasteiger partial charge in [-0.15, -0.1) is 0 Å². The number of fused-ring (bicyclic) bond motifs is 1. The first kappa shape index (κ1) is 18.8. The summed E-state index contributed by atoms with van der Waals surface area (Å²) in [6, 6.07) is 2.41. The molecule has 0 aromatic carbocycles. The zero-order chi connectivity index (χ0) is 18.8. The molecule has 0 bridgehead atoms. The average Bonchev–Trinajstić information content (AvgIpc) is 3.08. The number of carbonyl (C=O) groups is 2. The molecule has 26 heavy (non-hydrogen) atoms. The van der Waals surface area contributed by atoms with Crippen molar-refractivity contribution >= 4 is 11.8 Å². The summed E-state index contributed by atoms with van der Waals surface area (Å²) in [5, 5.41) is 7.46. The van der Waals surface area contributed by atoms with Crippen molar-refractivity contribution in [2.45, 2.75) is 51.4 Å². The molecule has 1 aromatic rings. The Morgan fingerprint density at radius 2 is 2.12 bits per heavy atom. The fourth-order valence-corrected chi connectivity index (χ4v) is 3.79. The molecule has 2 saturated heterocycles. The van der Waals surface area contributed by atoms with Gasteiger partial charge in [-0.25, -0.2) is 0 Å². The van der Waals surface area contributed by atoms with Crippen molar-refractivity contribution in [1.82, 2.24) is 24.9 Å². The molecule has 3 heterocycles. The lowest BCUT2D eigenvalue weighted by atomic mass is 10.1. The number of carbonyl (C=O) groups excluding carboxylic acids is 2. The molecule has 1 N–H and O–H groups in total. The van der Waals surface area contributed by atoms with Crippen LogP contribution < -0.4 is 5.32 Å². The van der Waals surface area contributed by atoms with Gasteiger partial charge < -0.3 is 15.0 Å². The number of hydrogen-bond donors (Lipinski definition) is 1. The van der Waals surface area contributed by atoms with Gasteiger partial charge >= 0.3 is 0 Å². The fraction of sp³-hybridized carbons (Fsp3) is 0.722. The third kappa shape index (κ3) is 4.42. The van der Waals surface area contributed by atoms with Crippen molar-refractivity contribution in [3.8, 4) is 0 Å². The molecule has 2 amide bonds. The molecule has 8 nitrogen and oxygen atoms in total. The summed E-state index contributed by atoms with van der Waals surface area (Å²) in [5.74, 6) is 0.0729. The molecule has 2 aliphatic heterocycles. The zero-order valence-corrected chi connectivity index (χ0v) is 16.1. The van der Waals surface area contributed by atoms with Crippen molar-refractivity contribution in [1.29, 1.82) is 0 Å². The maximum atomic E-state index is 12.3. The molecule has 0 unspecified atom stereocenters. The molecule has 0 saturated carbocycles. The third-order valence-electron chi connectivity index (χ3n) is 5.15. The molecule has 3 atom stereocenters. The van der Waals surface area contributed by atoms with E-state index in [2.05, 4.69) is 15.3 Å². The Bertz CT molecular complexity index is 672. The van der Waals surface area contributed by atoms with Gasteiger partial charge in [0.1, 0.15) is 6.54 Å². The SMILES string of the molecule is Cc1cc(C)n(CC(=O)N[C@@H]2C[C@H]3CO[C@@H](CC(=O)N(C)C)CN3C2)n1. The van der Waals surface area contributed by atoms with Crippen molar-refractivity contribution in [2.24, 2.45) is 0 Å². The van der Waals surface area contributed by atoms with Crippen LogP contribution in [0.5, 0.6) is 0 Å². The second-order valence-electron chi connectivity index (χ2n) is 7.64. The van der Waals surface area contributed by atoms with Crippen LogP contribution in [0.3, 0.4) is 0 Å². The lowest BCUT2D eigenvalue weighted by Gasteiger charge is -2.35. The van der Waals surface area contributed by atoms with Crippen LogP contribution in [0.15, 0.2) is 6.07 Å². The van der Waals surface area contributed by atoms with Crippen molar-refractivity contribution in [3.63, 3.8) is 0 Å². The summed E-state index contributed by atoms with van der Waals surface area (Å²) in [7, 11) is 3.52. The van der Waals surface area contributed by atoms with Crippen LogP contribution in [0.25, 0.3) is 0 Å². The van der Waals surface area contributed by atoms with Crippen molar-refractivity contribution in [2.75, 3.05) is 33.8 Å². The third-order valence-corrected chi connectivity index (χ3v) is 5.15. The standard InChI is InChI=1S/C18H29N5O3/c1-12-5-13(2)23(20-12)10-17(24)19-14-6-15-11-26-16(9-22(15)8-14)7-18(25)21(3)4/h5,14-16H,6-11H2,1-4H3,(H,19,24)/t14-,15+,16+/m1/s1. The molecule has 2 fully saturated rings. The molecule has 0 spiro atoms. The maximum absolute atomic E-state index is 12.3. The Balaban J connectivity index is 1.48. The lowest BCUT2D eigenvalue weighted by Crippen LogP contribution is -2.47. The minimum Gasteiger partial charge on any atom is -0.375 e. The minimum absolute atomic E-state index is 0.0127. The highest BCUT2D eigenvalue weighted by Gasteiger charge is 2.38. The fourth-order valence-electron chi connectivity index (χ4n) is 3.79. The normalized spacial score (nSPS) is 25.8. The highest BCUT2D eigenvalue weighted by molar-refractivity contribution is 5.76. The predicted molar refractivity (Wildman–Crippen MR) is 96.7 cm³/mol. The number of hydrogen-bond acceptors (Lipinski definition) is 5. The molecule has 1 aromatic heterocycles. The molecular weight excluding hydrogens is 334 g/mol. The molecule has 2 aliphatic rings. The van der Waals surface area contributed by atoms with Crippen molar-refractivity contribution in [3.05, 3.63) is 17.5 Å². The summed E-state index contributed by atoms with van der Waals surface area (Å²) in [5.41, 5.74) is 1.91. The van der Waals surface area contributed by atoms with E-state index >= 15 is 0 Å². The van der Waals surface area contributed by atoms with Gasteiger partial charge in [-0.3, -0.25) is 19.2 Å². The Kier molecular flexibility index (Phi) is 5.62. The summed E-state index contributed by atoms with van der Waals surface area (Å²) in [4.78, 5) is 28.2. The van der Waals surface area contributed by atoms with Gasteiger partial charge in [0.05, 0.1) is 24.8 Å². The lowest BCUT2D eigenvalue weighted by molar-refractivity contribution is -0.134.